The maximum Gasteiger partial charge on any atom is 0.121 e. The summed E-state index contributed by atoms with van der Waals surface area (Å²) in [6.07, 6.45) is 5.08. The first-order valence-corrected chi connectivity index (χ1v) is 13.7. The van der Waals surface area contributed by atoms with Gasteiger partial charge in [0, 0.05) is 17.4 Å². The van der Waals surface area contributed by atoms with Crippen LogP contribution in [-0.4, -0.2) is 30.0 Å². The number of benzene rings is 6. The van der Waals surface area contributed by atoms with Crippen LogP contribution in [0.1, 0.15) is 11.3 Å². The van der Waals surface area contributed by atoms with Gasteiger partial charge in [-0.2, -0.15) is 14.7 Å². The van der Waals surface area contributed by atoms with Crippen LogP contribution in [-0.2, 0) is 6.42 Å². The minimum atomic E-state index is 0.765. The Labute approximate surface area is 234 Å². The first-order chi connectivity index (χ1) is 20.3. The molecule has 0 aliphatic heterocycles. The van der Waals surface area contributed by atoms with Gasteiger partial charge in [-0.05, 0) is 75.0 Å². The van der Waals surface area contributed by atoms with Gasteiger partial charge in [0.15, 0.2) is 0 Å². The van der Waals surface area contributed by atoms with Crippen molar-refractivity contribution < 1.29 is 0 Å². The minimum Gasteiger partial charge on any atom is -0.152 e. The maximum absolute atomic E-state index is 4.92. The molecule has 2 heterocycles. The number of nitrogens with zero attached hydrogens (tertiary/aromatic N) is 6. The molecule has 192 valence electrons. The van der Waals surface area contributed by atoms with Crippen molar-refractivity contribution in [2.75, 3.05) is 0 Å². The van der Waals surface area contributed by atoms with Crippen LogP contribution in [0.15, 0.2) is 115 Å². The van der Waals surface area contributed by atoms with Gasteiger partial charge in [0.2, 0.25) is 0 Å². The van der Waals surface area contributed by atoms with Gasteiger partial charge < -0.3 is 0 Å². The van der Waals surface area contributed by atoms with Crippen LogP contribution < -0.4 is 0 Å². The van der Waals surface area contributed by atoms with Crippen LogP contribution in [0.25, 0.3) is 72.1 Å². The molecule has 0 radical (unpaired) electrons. The molecule has 0 amide bonds. The van der Waals surface area contributed by atoms with Crippen molar-refractivity contribution in [3.05, 3.63) is 127 Å². The molecule has 0 spiro atoms. The summed E-state index contributed by atoms with van der Waals surface area (Å²) in [6.45, 7) is 0. The monoisotopic (exact) mass is 526 g/mol. The highest BCUT2D eigenvalue weighted by Gasteiger charge is 2.18. The Kier molecular flexibility index (Phi) is 4.57. The Bertz CT molecular complexity index is 2360. The highest BCUT2D eigenvalue weighted by molar-refractivity contribution is 6.04. The Hall–Kier alpha value is -5.62. The summed E-state index contributed by atoms with van der Waals surface area (Å²) in [7, 11) is 0. The Morgan fingerprint density at radius 3 is 2.07 bits per heavy atom. The van der Waals surface area contributed by atoms with E-state index in [9.17, 15) is 0 Å². The van der Waals surface area contributed by atoms with E-state index in [1.165, 1.54) is 10.9 Å². The van der Waals surface area contributed by atoms with E-state index >= 15 is 0 Å². The van der Waals surface area contributed by atoms with Crippen LogP contribution in [0.3, 0.4) is 0 Å². The van der Waals surface area contributed by atoms with E-state index in [0.717, 1.165) is 72.7 Å². The van der Waals surface area contributed by atoms with Gasteiger partial charge in [-0.25, -0.2) is 0 Å². The van der Waals surface area contributed by atoms with E-state index in [2.05, 4.69) is 103 Å². The number of hydrogen-bond donors (Lipinski definition) is 0. The Morgan fingerprint density at radius 1 is 0.537 bits per heavy atom. The molecule has 2 aromatic heterocycles. The fourth-order valence-corrected chi connectivity index (χ4v) is 5.94. The van der Waals surface area contributed by atoms with Crippen molar-refractivity contribution in [2.24, 2.45) is 0 Å². The number of hydrogen-bond acceptors (Lipinski definition) is 4. The lowest BCUT2D eigenvalue weighted by Crippen LogP contribution is -2.00. The molecule has 0 atom stereocenters. The lowest BCUT2D eigenvalue weighted by atomic mass is 10.0. The third kappa shape index (κ3) is 3.51. The van der Waals surface area contributed by atoms with Gasteiger partial charge >= 0.3 is 0 Å². The van der Waals surface area contributed by atoms with E-state index in [0.29, 0.717) is 0 Å². The maximum atomic E-state index is 4.92. The largest absolute Gasteiger partial charge is 0.152 e. The normalized spacial score (nSPS) is 12.7. The van der Waals surface area contributed by atoms with Gasteiger partial charge in [-0.1, -0.05) is 78.9 Å². The van der Waals surface area contributed by atoms with Gasteiger partial charge in [-0.3, -0.25) is 0 Å². The summed E-state index contributed by atoms with van der Waals surface area (Å²) in [6, 6.07) is 38.0. The van der Waals surface area contributed by atoms with Crippen molar-refractivity contribution in [1.29, 1.82) is 0 Å². The molecule has 6 heteroatoms. The van der Waals surface area contributed by atoms with Crippen LogP contribution in [0.5, 0.6) is 0 Å². The molecule has 1 aliphatic carbocycles. The van der Waals surface area contributed by atoms with Crippen molar-refractivity contribution in [3.8, 4) is 22.6 Å². The SMILES string of the molecule is C1=Cc2ccccc2-c2nn(-c3ccc4cc5cc(-n6nc7ccc8ccccc8c7n6)ccc5cc4c3)nc2C1. The van der Waals surface area contributed by atoms with Gasteiger partial charge in [0.1, 0.15) is 16.7 Å². The zero-order valence-corrected chi connectivity index (χ0v) is 21.9. The smallest absolute Gasteiger partial charge is 0.121 e. The van der Waals surface area contributed by atoms with E-state index in [4.69, 9.17) is 20.4 Å². The number of allylic oxidation sites excluding steroid dienone is 1. The second kappa shape index (κ2) is 8.44. The second-order valence-corrected chi connectivity index (χ2v) is 10.5. The molecule has 6 aromatic carbocycles. The van der Waals surface area contributed by atoms with E-state index in [1.807, 2.05) is 18.2 Å². The molecule has 1 aliphatic rings. The van der Waals surface area contributed by atoms with Crippen molar-refractivity contribution in [3.63, 3.8) is 0 Å². The molecule has 9 rings (SSSR count). The average Bonchev–Trinajstić information content (AvgIpc) is 3.61. The van der Waals surface area contributed by atoms with Crippen LogP contribution in [0.4, 0.5) is 0 Å². The summed E-state index contributed by atoms with van der Waals surface area (Å²) in [5.74, 6) is 0. The zero-order chi connectivity index (χ0) is 26.9. The summed E-state index contributed by atoms with van der Waals surface area (Å²) >= 11 is 0. The predicted molar refractivity (Wildman–Crippen MR) is 164 cm³/mol. The quantitative estimate of drug-likeness (QED) is 0.217. The number of rotatable bonds is 2. The molecule has 8 aromatic rings. The fraction of sp³-hybridized carbons (Fsp3) is 0.0286. The van der Waals surface area contributed by atoms with Crippen molar-refractivity contribution in [2.45, 2.75) is 6.42 Å². The van der Waals surface area contributed by atoms with Gasteiger partial charge in [0.05, 0.1) is 17.1 Å². The molecule has 0 N–H and O–H groups in total. The van der Waals surface area contributed by atoms with E-state index in [1.54, 1.807) is 9.59 Å². The predicted octanol–water partition coefficient (Wildman–Crippen LogP) is 7.70. The average molecular weight is 527 g/mol. The first-order valence-electron chi connectivity index (χ1n) is 13.7. The molecular formula is C35H22N6. The standard InChI is InChI=1S/C35H22N6/c1-3-9-30-22(6-1)8-5-11-32-34(30)38-40(36-32)28-15-12-24-19-27-21-29(16-13-25(27)18-26(24)20-28)41-37-33-17-14-23-7-2-4-10-31(23)35(33)39-41/h1-10,12-21H,11H2. The molecule has 0 saturated carbocycles. The summed E-state index contributed by atoms with van der Waals surface area (Å²) in [5, 5.41) is 26.3. The first kappa shape index (κ1) is 22.2. The Balaban J connectivity index is 1.11. The number of fused-ring (bicyclic) bond motifs is 8. The highest BCUT2D eigenvalue weighted by Crippen LogP contribution is 2.31. The van der Waals surface area contributed by atoms with Crippen LogP contribution >= 0.6 is 0 Å². The zero-order valence-electron chi connectivity index (χ0n) is 21.9. The summed E-state index contributed by atoms with van der Waals surface area (Å²) in [4.78, 5) is 3.51. The van der Waals surface area contributed by atoms with E-state index < -0.39 is 0 Å². The summed E-state index contributed by atoms with van der Waals surface area (Å²) < 4.78 is 0. The van der Waals surface area contributed by atoms with Crippen LogP contribution in [0, 0.1) is 0 Å². The minimum absolute atomic E-state index is 0.765. The fourth-order valence-electron chi connectivity index (χ4n) is 5.94. The molecule has 6 nitrogen and oxygen atoms in total. The molecule has 0 fully saturated rings. The molecule has 0 saturated heterocycles. The highest BCUT2D eigenvalue weighted by atomic mass is 15.5. The van der Waals surface area contributed by atoms with E-state index in [-0.39, 0.29) is 0 Å². The second-order valence-electron chi connectivity index (χ2n) is 10.5. The lowest BCUT2D eigenvalue weighted by Gasteiger charge is -2.07. The third-order valence-electron chi connectivity index (χ3n) is 8.01. The molecule has 41 heavy (non-hydrogen) atoms. The summed E-state index contributed by atoms with van der Waals surface area (Å²) in [5.41, 5.74) is 7.92. The number of aromatic nitrogens is 6. The van der Waals surface area contributed by atoms with Gasteiger partial charge in [-0.15, -0.1) is 15.3 Å². The molecular weight excluding hydrogens is 504 g/mol. The third-order valence-corrected chi connectivity index (χ3v) is 8.01. The molecule has 0 bridgehead atoms. The van der Waals surface area contributed by atoms with Crippen molar-refractivity contribution in [1.82, 2.24) is 30.0 Å². The van der Waals surface area contributed by atoms with Gasteiger partial charge in [0.25, 0.3) is 0 Å². The topological polar surface area (TPSA) is 61.4 Å². The molecule has 0 unspecified atom stereocenters. The van der Waals surface area contributed by atoms with Crippen molar-refractivity contribution >= 4 is 49.4 Å². The lowest BCUT2D eigenvalue weighted by molar-refractivity contribution is 0.744. The van der Waals surface area contributed by atoms with Crippen LogP contribution in [0.2, 0.25) is 0 Å². The Morgan fingerprint density at radius 2 is 1.24 bits per heavy atom.